The summed E-state index contributed by atoms with van der Waals surface area (Å²) in [5.41, 5.74) is -0.247. The number of fused-ring (bicyclic) bond motifs is 5. The smallest absolute Gasteiger partial charge is 0.126 e. The van der Waals surface area contributed by atoms with Crippen molar-refractivity contribution >= 4 is 12.6 Å². The molecule has 0 radical (unpaired) electrons. The van der Waals surface area contributed by atoms with E-state index in [1.165, 1.54) is 51.2 Å². The van der Waals surface area contributed by atoms with Crippen molar-refractivity contribution in [2.75, 3.05) is 0 Å². The highest BCUT2D eigenvalue weighted by Gasteiger charge is 2.65. The molecule has 0 aliphatic heterocycles. The minimum absolute atomic E-state index is 0.0564. The summed E-state index contributed by atoms with van der Waals surface area (Å²) in [7, 11) is 0. The van der Waals surface area contributed by atoms with Crippen molar-refractivity contribution in [3.8, 4) is 0 Å². The first kappa shape index (κ1) is 14.9. The molecule has 0 amide bonds. The summed E-state index contributed by atoms with van der Waals surface area (Å²) in [5.74, 6) is 3.26. The highest BCUT2D eigenvalue weighted by atomic mass is 16.1. The Balaban J connectivity index is 1.70. The molecule has 0 aromatic carbocycles. The molecule has 0 saturated heterocycles. The van der Waals surface area contributed by atoms with E-state index in [1.807, 2.05) is 0 Å². The lowest BCUT2D eigenvalue weighted by Crippen LogP contribution is -2.56. The lowest BCUT2D eigenvalue weighted by molar-refractivity contribution is -0.152. The molecule has 0 aromatic rings. The van der Waals surface area contributed by atoms with Crippen molar-refractivity contribution < 1.29 is 9.59 Å². The summed E-state index contributed by atoms with van der Waals surface area (Å²) in [5, 5.41) is 0. The summed E-state index contributed by atoms with van der Waals surface area (Å²) >= 11 is 0. The van der Waals surface area contributed by atoms with Crippen LogP contribution in [0, 0.1) is 40.4 Å². The van der Waals surface area contributed by atoms with Crippen molar-refractivity contribution in [2.45, 2.75) is 71.1 Å². The summed E-state index contributed by atoms with van der Waals surface area (Å²) in [6, 6.07) is 0. The maximum atomic E-state index is 12.3. The van der Waals surface area contributed by atoms with Gasteiger partial charge in [0, 0.05) is 11.3 Å². The van der Waals surface area contributed by atoms with Gasteiger partial charge in [0.15, 0.2) is 0 Å². The van der Waals surface area contributed by atoms with Crippen LogP contribution in [0.2, 0.25) is 0 Å². The average molecular weight is 302 g/mol. The Morgan fingerprint density at radius 2 is 1.68 bits per heavy atom. The third-order valence-electron chi connectivity index (χ3n) is 8.67. The van der Waals surface area contributed by atoms with Crippen LogP contribution in [0.1, 0.15) is 71.1 Å². The molecular formula is C20H30O2. The van der Waals surface area contributed by atoms with Gasteiger partial charge in [-0.25, -0.2) is 0 Å². The monoisotopic (exact) mass is 302 g/mol. The molecule has 2 heteroatoms. The Kier molecular flexibility index (Phi) is 3.51. The van der Waals surface area contributed by atoms with Gasteiger partial charge in [-0.05, 0) is 74.0 Å². The van der Waals surface area contributed by atoms with Crippen molar-refractivity contribution in [2.24, 2.45) is 40.4 Å². The second-order valence-corrected chi connectivity index (χ2v) is 8.95. The van der Waals surface area contributed by atoms with Crippen LogP contribution in [0.3, 0.4) is 0 Å². The average Bonchev–Trinajstić information content (AvgIpc) is 2.87. The van der Waals surface area contributed by atoms with Crippen LogP contribution in [0.5, 0.6) is 0 Å². The number of carbonyl (C=O) groups excluding carboxylic acids is 2. The van der Waals surface area contributed by atoms with Crippen molar-refractivity contribution in [3.63, 3.8) is 0 Å². The van der Waals surface area contributed by atoms with Crippen molar-refractivity contribution in [1.29, 1.82) is 0 Å². The lowest BCUT2D eigenvalue weighted by atomic mass is 9.44. The highest BCUT2D eigenvalue weighted by molar-refractivity contribution is 5.68. The van der Waals surface area contributed by atoms with Crippen LogP contribution in [0.25, 0.3) is 0 Å². The van der Waals surface area contributed by atoms with Gasteiger partial charge in [-0.3, -0.25) is 0 Å². The molecule has 0 heterocycles. The number of carbonyl (C=O) groups is 2. The molecule has 3 unspecified atom stereocenters. The first-order chi connectivity index (χ1) is 10.7. The maximum Gasteiger partial charge on any atom is 0.126 e. The molecule has 122 valence electrons. The second kappa shape index (κ2) is 5.18. The molecule has 4 fully saturated rings. The molecule has 0 bridgehead atoms. The van der Waals surface area contributed by atoms with E-state index in [4.69, 9.17) is 0 Å². The minimum Gasteiger partial charge on any atom is -0.303 e. The van der Waals surface area contributed by atoms with E-state index in [-0.39, 0.29) is 16.7 Å². The van der Waals surface area contributed by atoms with Gasteiger partial charge in [0.05, 0.1) is 0 Å². The van der Waals surface area contributed by atoms with Gasteiger partial charge in [0.2, 0.25) is 0 Å². The van der Waals surface area contributed by atoms with Crippen LogP contribution in [-0.4, -0.2) is 12.6 Å². The SMILES string of the molecule is C[C@]12CC[C@H]3[C@@H](CCC4CCCC[C@@H]43)C1(C=O)CCC2C=O. The fraction of sp³-hybridized carbons (Fsp3) is 0.900. The largest absolute Gasteiger partial charge is 0.303 e. The van der Waals surface area contributed by atoms with E-state index in [0.717, 1.165) is 43.3 Å². The van der Waals surface area contributed by atoms with Gasteiger partial charge in [-0.1, -0.05) is 26.2 Å². The zero-order valence-corrected chi connectivity index (χ0v) is 13.9. The van der Waals surface area contributed by atoms with Crippen molar-refractivity contribution in [1.82, 2.24) is 0 Å². The molecule has 4 aliphatic rings. The molecule has 2 nitrogen and oxygen atoms in total. The van der Waals surface area contributed by atoms with Gasteiger partial charge < -0.3 is 9.59 Å². The van der Waals surface area contributed by atoms with E-state index in [0.29, 0.717) is 5.92 Å². The van der Waals surface area contributed by atoms with Gasteiger partial charge in [-0.15, -0.1) is 0 Å². The predicted octanol–water partition coefficient (Wildman–Crippen LogP) is 4.41. The third-order valence-corrected chi connectivity index (χ3v) is 8.67. The van der Waals surface area contributed by atoms with Crippen LogP contribution >= 0.6 is 0 Å². The van der Waals surface area contributed by atoms with Crippen LogP contribution in [0.15, 0.2) is 0 Å². The van der Waals surface area contributed by atoms with E-state index < -0.39 is 0 Å². The predicted molar refractivity (Wildman–Crippen MR) is 86.3 cm³/mol. The first-order valence-corrected chi connectivity index (χ1v) is 9.58. The van der Waals surface area contributed by atoms with Crippen LogP contribution in [-0.2, 0) is 9.59 Å². The Morgan fingerprint density at radius 3 is 2.45 bits per heavy atom. The Hall–Kier alpha value is -0.660. The van der Waals surface area contributed by atoms with Gasteiger partial charge in [0.1, 0.15) is 12.6 Å². The summed E-state index contributed by atoms with van der Waals surface area (Å²) < 4.78 is 0. The number of hydrogen-bond donors (Lipinski definition) is 0. The normalized spacial score (nSPS) is 54.0. The Bertz CT molecular complexity index is 472. The Labute approximate surface area is 134 Å². The lowest BCUT2D eigenvalue weighted by Gasteiger charge is -2.59. The molecular weight excluding hydrogens is 272 g/mol. The molecule has 22 heavy (non-hydrogen) atoms. The summed E-state index contributed by atoms with van der Waals surface area (Å²) in [4.78, 5) is 23.9. The number of hydrogen-bond acceptors (Lipinski definition) is 2. The molecule has 0 aromatic heterocycles. The minimum atomic E-state index is -0.191. The van der Waals surface area contributed by atoms with E-state index in [1.54, 1.807) is 0 Å². The van der Waals surface area contributed by atoms with E-state index in [9.17, 15) is 9.59 Å². The topological polar surface area (TPSA) is 34.1 Å². The Morgan fingerprint density at radius 1 is 0.864 bits per heavy atom. The fourth-order valence-corrected chi connectivity index (χ4v) is 7.46. The number of aldehydes is 2. The molecule has 0 spiro atoms. The molecule has 0 N–H and O–H groups in total. The van der Waals surface area contributed by atoms with E-state index >= 15 is 0 Å². The quantitative estimate of drug-likeness (QED) is 0.708. The fourth-order valence-electron chi connectivity index (χ4n) is 7.46. The summed E-state index contributed by atoms with van der Waals surface area (Å²) in [6.07, 6.45) is 15.0. The third kappa shape index (κ3) is 1.73. The second-order valence-electron chi connectivity index (χ2n) is 8.95. The van der Waals surface area contributed by atoms with Crippen molar-refractivity contribution in [3.05, 3.63) is 0 Å². The molecule has 4 rings (SSSR count). The van der Waals surface area contributed by atoms with Gasteiger partial charge in [0.25, 0.3) is 0 Å². The number of rotatable bonds is 2. The molecule has 4 saturated carbocycles. The molecule has 4 aliphatic carbocycles. The zero-order valence-electron chi connectivity index (χ0n) is 13.9. The zero-order chi connectivity index (χ0) is 15.4. The first-order valence-electron chi connectivity index (χ1n) is 9.58. The van der Waals surface area contributed by atoms with Gasteiger partial charge >= 0.3 is 0 Å². The van der Waals surface area contributed by atoms with Crippen LogP contribution < -0.4 is 0 Å². The van der Waals surface area contributed by atoms with E-state index in [2.05, 4.69) is 6.92 Å². The maximum absolute atomic E-state index is 12.3. The highest BCUT2D eigenvalue weighted by Crippen LogP contribution is 2.69. The summed E-state index contributed by atoms with van der Waals surface area (Å²) in [6.45, 7) is 2.26. The van der Waals surface area contributed by atoms with Crippen LogP contribution in [0.4, 0.5) is 0 Å². The van der Waals surface area contributed by atoms with Gasteiger partial charge in [-0.2, -0.15) is 0 Å². The molecule has 7 atom stereocenters. The standard InChI is InChI=1S/C20H30O2/c1-19-10-9-17-16-5-3-2-4-14(16)6-7-18(17)20(19,13-22)11-8-15(19)12-21/h12-18H,2-11H2,1H3/t14?,15?,16-,17+,18+,19+,20?/m0/s1.